The van der Waals surface area contributed by atoms with Crippen molar-refractivity contribution in [2.24, 2.45) is 5.92 Å². The Kier molecular flexibility index (Phi) is 6.20. The SMILES string of the molecule is Cc1nnc(N2CCC[C@@H](C(=O)NCc3ccc(Cl)cc3)C2)c2nn(-c3ccccc3)c(C)c12. The number of anilines is 1. The Morgan fingerprint density at radius 1 is 1.09 bits per heavy atom. The van der Waals surface area contributed by atoms with Crippen molar-refractivity contribution in [3.05, 3.63) is 76.6 Å². The molecule has 3 heterocycles. The van der Waals surface area contributed by atoms with Crippen molar-refractivity contribution >= 4 is 34.2 Å². The van der Waals surface area contributed by atoms with Gasteiger partial charge in [0.05, 0.1) is 28.4 Å². The predicted molar refractivity (Wildman–Crippen MR) is 134 cm³/mol. The maximum absolute atomic E-state index is 13.0. The van der Waals surface area contributed by atoms with Crippen LogP contribution in [-0.2, 0) is 11.3 Å². The van der Waals surface area contributed by atoms with Crippen molar-refractivity contribution in [2.75, 3.05) is 18.0 Å². The largest absolute Gasteiger partial charge is 0.352 e. The lowest BCUT2D eigenvalue weighted by molar-refractivity contribution is -0.125. The number of benzene rings is 2. The fraction of sp³-hybridized carbons (Fsp3) is 0.308. The maximum atomic E-state index is 13.0. The third-order valence-corrected chi connectivity index (χ3v) is 6.71. The van der Waals surface area contributed by atoms with Gasteiger partial charge in [-0.3, -0.25) is 4.79 Å². The summed E-state index contributed by atoms with van der Waals surface area (Å²) in [6.07, 6.45) is 1.76. The molecule has 0 aliphatic carbocycles. The molecule has 34 heavy (non-hydrogen) atoms. The number of piperidine rings is 1. The highest BCUT2D eigenvalue weighted by Gasteiger charge is 2.29. The molecule has 7 nitrogen and oxygen atoms in total. The third-order valence-electron chi connectivity index (χ3n) is 6.46. The van der Waals surface area contributed by atoms with Gasteiger partial charge in [0.15, 0.2) is 5.82 Å². The highest BCUT2D eigenvalue weighted by atomic mass is 35.5. The predicted octanol–water partition coefficient (Wildman–Crippen LogP) is 4.62. The zero-order valence-electron chi connectivity index (χ0n) is 19.3. The number of aromatic nitrogens is 4. The first-order valence-electron chi connectivity index (χ1n) is 11.6. The molecule has 2 aromatic carbocycles. The summed E-state index contributed by atoms with van der Waals surface area (Å²) in [6, 6.07) is 17.6. The van der Waals surface area contributed by atoms with E-state index < -0.39 is 0 Å². The minimum atomic E-state index is -0.114. The van der Waals surface area contributed by atoms with Crippen molar-refractivity contribution in [2.45, 2.75) is 33.2 Å². The molecule has 2 aromatic heterocycles. The Morgan fingerprint density at radius 2 is 1.85 bits per heavy atom. The number of amides is 1. The van der Waals surface area contributed by atoms with Crippen LogP contribution >= 0.6 is 11.6 Å². The zero-order chi connectivity index (χ0) is 23.7. The number of fused-ring (bicyclic) bond motifs is 1. The lowest BCUT2D eigenvalue weighted by Crippen LogP contribution is -2.43. The first-order valence-corrected chi connectivity index (χ1v) is 11.9. The highest BCUT2D eigenvalue weighted by Crippen LogP contribution is 2.31. The van der Waals surface area contributed by atoms with Crippen molar-refractivity contribution in [1.29, 1.82) is 0 Å². The summed E-state index contributed by atoms with van der Waals surface area (Å²) in [5.41, 5.74) is 4.74. The van der Waals surface area contributed by atoms with Crippen LogP contribution in [0.3, 0.4) is 0 Å². The topological polar surface area (TPSA) is 75.9 Å². The standard InChI is InChI=1S/C26H27ClN6O/c1-17-23-18(2)33(22-8-4-3-5-9-22)31-24(23)25(30-29-17)32-14-6-7-20(16-32)26(34)28-15-19-10-12-21(27)13-11-19/h3-5,8-13,20H,6-7,14-16H2,1-2H3,(H,28,34)/t20-/m1/s1. The van der Waals surface area contributed by atoms with E-state index in [1.807, 2.05) is 66.2 Å². The average Bonchev–Trinajstić information content (AvgIpc) is 3.22. The molecule has 0 spiro atoms. The Hall–Kier alpha value is -3.45. The lowest BCUT2D eigenvalue weighted by Gasteiger charge is -2.32. The van der Waals surface area contributed by atoms with Gasteiger partial charge in [0.1, 0.15) is 5.52 Å². The molecule has 1 atom stereocenters. The summed E-state index contributed by atoms with van der Waals surface area (Å²) in [7, 11) is 0. The Labute approximate surface area is 203 Å². The van der Waals surface area contributed by atoms with Gasteiger partial charge in [0.2, 0.25) is 5.91 Å². The van der Waals surface area contributed by atoms with E-state index >= 15 is 0 Å². The maximum Gasteiger partial charge on any atom is 0.225 e. The fourth-order valence-corrected chi connectivity index (χ4v) is 4.79. The van der Waals surface area contributed by atoms with Crippen LogP contribution in [-0.4, -0.2) is 39.0 Å². The van der Waals surface area contributed by atoms with Gasteiger partial charge in [0.25, 0.3) is 0 Å². The van der Waals surface area contributed by atoms with Gasteiger partial charge in [-0.25, -0.2) is 4.68 Å². The number of carbonyl (C=O) groups excluding carboxylic acids is 1. The van der Waals surface area contributed by atoms with Crippen LogP contribution in [0.25, 0.3) is 16.6 Å². The smallest absolute Gasteiger partial charge is 0.225 e. The molecule has 1 amide bonds. The number of nitrogens with zero attached hydrogens (tertiary/aromatic N) is 5. The van der Waals surface area contributed by atoms with Crippen LogP contribution in [0.15, 0.2) is 54.6 Å². The number of rotatable bonds is 5. The lowest BCUT2D eigenvalue weighted by atomic mass is 9.97. The van der Waals surface area contributed by atoms with E-state index in [2.05, 4.69) is 27.3 Å². The van der Waals surface area contributed by atoms with E-state index in [4.69, 9.17) is 16.7 Å². The van der Waals surface area contributed by atoms with Crippen LogP contribution in [0.5, 0.6) is 0 Å². The van der Waals surface area contributed by atoms with Gasteiger partial charge in [-0.15, -0.1) is 5.10 Å². The van der Waals surface area contributed by atoms with Crippen molar-refractivity contribution in [3.63, 3.8) is 0 Å². The van der Waals surface area contributed by atoms with Gasteiger partial charge in [-0.1, -0.05) is 41.9 Å². The molecular formula is C26H27ClN6O. The first-order chi connectivity index (χ1) is 16.5. The third kappa shape index (κ3) is 4.35. The van der Waals surface area contributed by atoms with Crippen LogP contribution in [0.1, 0.15) is 29.8 Å². The van der Waals surface area contributed by atoms with Crippen LogP contribution in [0, 0.1) is 19.8 Å². The molecule has 4 aromatic rings. The Balaban J connectivity index is 1.38. The first kappa shape index (κ1) is 22.3. The molecule has 5 rings (SSSR count). The molecule has 1 N–H and O–H groups in total. The van der Waals surface area contributed by atoms with Crippen LogP contribution in [0.2, 0.25) is 5.02 Å². The minimum absolute atomic E-state index is 0.0574. The van der Waals surface area contributed by atoms with Gasteiger partial charge >= 0.3 is 0 Å². The summed E-state index contributed by atoms with van der Waals surface area (Å²) >= 11 is 5.96. The molecule has 1 fully saturated rings. The van der Waals surface area contributed by atoms with Gasteiger partial charge in [-0.05, 0) is 56.5 Å². The van der Waals surface area contributed by atoms with Gasteiger partial charge < -0.3 is 10.2 Å². The number of hydrogen-bond acceptors (Lipinski definition) is 5. The second kappa shape index (κ2) is 9.43. The van der Waals surface area contributed by atoms with Crippen molar-refractivity contribution < 1.29 is 4.79 Å². The Bertz CT molecular complexity index is 1320. The van der Waals surface area contributed by atoms with Crippen LogP contribution < -0.4 is 10.2 Å². The molecule has 0 unspecified atom stereocenters. The van der Waals surface area contributed by atoms with E-state index in [1.165, 1.54) is 0 Å². The van der Waals surface area contributed by atoms with E-state index in [-0.39, 0.29) is 11.8 Å². The second-order valence-corrected chi connectivity index (χ2v) is 9.23. The zero-order valence-corrected chi connectivity index (χ0v) is 20.1. The summed E-state index contributed by atoms with van der Waals surface area (Å²) < 4.78 is 1.95. The highest BCUT2D eigenvalue weighted by molar-refractivity contribution is 6.30. The monoisotopic (exact) mass is 474 g/mol. The van der Waals surface area contributed by atoms with E-state index in [0.717, 1.165) is 58.7 Å². The van der Waals surface area contributed by atoms with E-state index in [0.29, 0.717) is 18.1 Å². The van der Waals surface area contributed by atoms with Gasteiger partial charge in [-0.2, -0.15) is 10.2 Å². The van der Waals surface area contributed by atoms with E-state index in [1.54, 1.807) is 0 Å². The number of aryl methyl sites for hydroxylation is 2. The molecule has 1 saturated heterocycles. The normalized spacial score (nSPS) is 16.1. The summed E-state index contributed by atoms with van der Waals surface area (Å²) in [5.74, 6) is 0.687. The summed E-state index contributed by atoms with van der Waals surface area (Å²) in [5, 5.41) is 18.7. The summed E-state index contributed by atoms with van der Waals surface area (Å²) in [4.78, 5) is 15.1. The molecule has 1 aliphatic heterocycles. The van der Waals surface area contributed by atoms with Gasteiger partial charge in [0, 0.05) is 24.7 Å². The minimum Gasteiger partial charge on any atom is -0.352 e. The van der Waals surface area contributed by atoms with Crippen molar-refractivity contribution in [3.8, 4) is 5.69 Å². The Morgan fingerprint density at radius 3 is 2.62 bits per heavy atom. The van der Waals surface area contributed by atoms with Crippen LogP contribution in [0.4, 0.5) is 5.82 Å². The molecular weight excluding hydrogens is 448 g/mol. The quantitative estimate of drug-likeness (QED) is 0.456. The fourth-order valence-electron chi connectivity index (χ4n) is 4.66. The average molecular weight is 475 g/mol. The molecule has 1 aliphatic rings. The summed E-state index contributed by atoms with van der Waals surface area (Å²) in [6.45, 7) is 5.93. The number of para-hydroxylation sites is 1. The molecule has 0 radical (unpaired) electrons. The van der Waals surface area contributed by atoms with E-state index in [9.17, 15) is 4.79 Å². The molecule has 0 saturated carbocycles. The second-order valence-electron chi connectivity index (χ2n) is 8.79. The number of nitrogens with one attached hydrogen (secondary N) is 1. The number of carbonyl (C=O) groups is 1. The molecule has 0 bridgehead atoms. The number of halogens is 1. The van der Waals surface area contributed by atoms with Crippen molar-refractivity contribution in [1.82, 2.24) is 25.3 Å². The molecule has 8 heteroatoms. The number of hydrogen-bond donors (Lipinski definition) is 1. The molecule has 174 valence electrons.